The van der Waals surface area contributed by atoms with Crippen molar-refractivity contribution in [3.05, 3.63) is 63.5 Å². The Balaban J connectivity index is 1.52. The van der Waals surface area contributed by atoms with Crippen LogP contribution in [0.15, 0.2) is 52.4 Å². The largest absolute Gasteiger partial charge is 0.489 e. The number of benzene rings is 2. The van der Waals surface area contributed by atoms with E-state index in [9.17, 15) is 4.79 Å². The van der Waals surface area contributed by atoms with Gasteiger partial charge < -0.3 is 14.2 Å². The number of ether oxygens (including phenoxy) is 3. The summed E-state index contributed by atoms with van der Waals surface area (Å²) in [6.07, 6.45) is 2.61. The van der Waals surface area contributed by atoms with Crippen LogP contribution in [0.2, 0.25) is 5.02 Å². The average Bonchev–Trinajstić information content (AvgIpc) is 3.30. The minimum atomic E-state index is -0.592. The quantitative estimate of drug-likeness (QED) is 0.432. The Labute approximate surface area is 209 Å². The van der Waals surface area contributed by atoms with Crippen molar-refractivity contribution in [1.82, 2.24) is 0 Å². The Kier molecular flexibility index (Phi) is 7.67. The van der Waals surface area contributed by atoms with Gasteiger partial charge in [0.15, 0.2) is 11.0 Å². The maximum absolute atomic E-state index is 13.4. The third-order valence-electron chi connectivity index (χ3n) is 5.38. The van der Waals surface area contributed by atoms with Gasteiger partial charge >= 0.3 is 0 Å². The number of thioether (sulfide) groups is 1. The molecule has 2 aliphatic heterocycles. The molecule has 2 heterocycles. The lowest BCUT2D eigenvalue weighted by Crippen LogP contribution is -2.29. The van der Waals surface area contributed by atoms with Crippen LogP contribution in [0.4, 0.5) is 5.69 Å². The summed E-state index contributed by atoms with van der Waals surface area (Å²) in [5.74, 6) is -0.119. The monoisotopic (exact) mass is 500 g/mol. The highest BCUT2D eigenvalue weighted by Gasteiger charge is 2.35. The third-order valence-corrected chi connectivity index (χ3v) is 6.68. The van der Waals surface area contributed by atoms with Crippen molar-refractivity contribution in [3.63, 3.8) is 0 Å². The van der Waals surface area contributed by atoms with Gasteiger partial charge in [0.05, 0.1) is 22.2 Å². The van der Waals surface area contributed by atoms with Crippen molar-refractivity contribution in [3.8, 4) is 5.75 Å². The molecule has 2 aromatic carbocycles. The predicted molar refractivity (Wildman–Crippen MR) is 139 cm³/mol. The lowest BCUT2D eigenvalue weighted by atomic mass is 10.1. The molecule has 1 atom stereocenters. The smallest absolute Gasteiger partial charge is 0.271 e. The number of aryl methyl sites for hydroxylation is 1. The molecular formula is C26H29ClN2O4S. The number of carbonyl (C=O) groups excluding carboxylic acids is 1. The van der Waals surface area contributed by atoms with Gasteiger partial charge in [-0.05, 0) is 74.4 Å². The summed E-state index contributed by atoms with van der Waals surface area (Å²) in [7, 11) is 0. The number of nitrogens with zero attached hydrogens (tertiary/aromatic N) is 2. The molecule has 1 amide bonds. The summed E-state index contributed by atoms with van der Waals surface area (Å²) in [6.45, 7) is 9.31. The molecule has 0 N–H and O–H groups in total. The number of amidine groups is 1. The highest BCUT2D eigenvalue weighted by molar-refractivity contribution is 8.19. The first-order valence-electron chi connectivity index (χ1n) is 11.4. The second kappa shape index (κ2) is 10.5. The molecule has 1 unspecified atom stereocenters. The van der Waals surface area contributed by atoms with Gasteiger partial charge in [-0.15, -0.1) is 0 Å². The van der Waals surface area contributed by atoms with Gasteiger partial charge in [-0.25, -0.2) is 0 Å². The van der Waals surface area contributed by atoms with Gasteiger partial charge in [-0.3, -0.25) is 14.7 Å². The fourth-order valence-electron chi connectivity index (χ4n) is 3.72. The number of hydrogen-bond acceptors (Lipinski definition) is 6. The van der Waals surface area contributed by atoms with E-state index in [1.165, 1.54) is 11.8 Å². The first kappa shape index (κ1) is 24.8. The minimum Gasteiger partial charge on any atom is -0.489 e. The molecule has 0 spiro atoms. The van der Waals surface area contributed by atoms with E-state index < -0.39 is 5.79 Å². The van der Waals surface area contributed by atoms with E-state index in [-0.39, 0.29) is 12.0 Å². The second-order valence-corrected chi connectivity index (χ2v) is 10.1. The number of carbonyl (C=O) groups is 1. The lowest BCUT2D eigenvalue weighted by molar-refractivity contribution is -0.141. The van der Waals surface area contributed by atoms with E-state index >= 15 is 0 Å². The number of aliphatic imine (C=N–C) groups is 1. The van der Waals surface area contributed by atoms with Crippen LogP contribution < -0.4 is 9.64 Å². The number of hydrogen-bond donors (Lipinski definition) is 0. The van der Waals surface area contributed by atoms with E-state index in [4.69, 9.17) is 25.8 Å². The Morgan fingerprint density at radius 3 is 2.76 bits per heavy atom. The van der Waals surface area contributed by atoms with Crippen molar-refractivity contribution in [2.24, 2.45) is 4.99 Å². The Morgan fingerprint density at radius 1 is 1.29 bits per heavy atom. The van der Waals surface area contributed by atoms with Crippen LogP contribution in [-0.4, -0.2) is 42.7 Å². The summed E-state index contributed by atoms with van der Waals surface area (Å²) in [4.78, 5) is 20.3. The lowest BCUT2D eigenvalue weighted by Gasteiger charge is -2.18. The SMILES string of the molecule is CCC/N=C1\S/C(=C\c2ccc(OCC3COC(C)(C)O3)c(Cl)c2)C(=O)N1c1ccccc1C. The molecule has 34 heavy (non-hydrogen) atoms. The van der Waals surface area contributed by atoms with Crippen molar-refractivity contribution in [1.29, 1.82) is 0 Å². The molecule has 0 aliphatic carbocycles. The Bertz CT molecular complexity index is 1130. The number of para-hydroxylation sites is 1. The Hall–Kier alpha value is -2.32. The van der Waals surface area contributed by atoms with E-state index in [2.05, 4.69) is 11.9 Å². The fourth-order valence-corrected chi connectivity index (χ4v) is 4.96. The van der Waals surface area contributed by atoms with Gasteiger partial charge in [0.25, 0.3) is 5.91 Å². The van der Waals surface area contributed by atoms with Gasteiger partial charge in [-0.2, -0.15) is 0 Å². The van der Waals surface area contributed by atoms with Crippen LogP contribution in [0.1, 0.15) is 38.3 Å². The average molecular weight is 501 g/mol. The predicted octanol–water partition coefficient (Wildman–Crippen LogP) is 6.07. The molecule has 0 bridgehead atoms. The summed E-state index contributed by atoms with van der Waals surface area (Å²) in [5.41, 5.74) is 2.68. The van der Waals surface area contributed by atoms with E-state index in [0.717, 1.165) is 23.2 Å². The molecule has 4 rings (SSSR count). The topological polar surface area (TPSA) is 60.4 Å². The summed E-state index contributed by atoms with van der Waals surface area (Å²) in [5, 5.41) is 1.17. The second-order valence-electron chi connectivity index (χ2n) is 8.65. The normalized spacial score (nSPS) is 22.2. The van der Waals surface area contributed by atoms with Gasteiger partial charge in [0.1, 0.15) is 18.5 Å². The van der Waals surface area contributed by atoms with Crippen LogP contribution in [0, 0.1) is 6.92 Å². The van der Waals surface area contributed by atoms with Gasteiger partial charge in [0.2, 0.25) is 0 Å². The van der Waals surface area contributed by atoms with Crippen LogP contribution in [-0.2, 0) is 14.3 Å². The third kappa shape index (κ3) is 5.66. The molecule has 2 aromatic rings. The minimum absolute atomic E-state index is 0.0911. The standard InChI is InChI=1S/C26H29ClN2O4S/c1-5-12-28-25-29(21-9-7-6-8-17(21)2)24(30)23(34-25)14-18-10-11-22(20(27)13-18)31-15-19-16-32-26(3,4)33-19/h6-11,13-14,19H,5,12,15-16H2,1-4H3/b23-14-,28-25-. The van der Waals surface area contributed by atoms with Crippen molar-refractivity contribution in [2.45, 2.75) is 46.0 Å². The molecule has 6 nitrogen and oxygen atoms in total. The zero-order valence-electron chi connectivity index (χ0n) is 19.8. The first-order valence-corrected chi connectivity index (χ1v) is 12.5. The molecule has 180 valence electrons. The fraction of sp³-hybridized carbons (Fsp3) is 0.385. The summed E-state index contributed by atoms with van der Waals surface area (Å²) in [6, 6.07) is 13.3. The molecular weight excluding hydrogens is 472 g/mol. The summed E-state index contributed by atoms with van der Waals surface area (Å²) < 4.78 is 17.2. The molecule has 8 heteroatoms. The number of halogens is 1. The number of amides is 1. The molecule has 2 aliphatic rings. The first-order chi connectivity index (χ1) is 16.3. The zero-order chi connectivity index (χ0) is 24.3. The number of rotatable bonds is 7. The molecule has 0 radical (unpaired) electrons. The molecule has 0 aromatic heterocycles. The van der Waals surface area contributed by atoms with Crippen LogP contribution >= 0.6 is 23.4 Å². The molecule has 2 saturated heterocycles. The van der Waals surface area contributed by atoms with Gasteiger partial charge in [-0.1, -0.05) is 42.8 Å². The van der Waals surface area contributed by atoms with Crippen molar-refractivity contribution >= 4 is 46.2 Å². The number of anilines is 1. The van der Waals surface area contributed by atoms with Crippen molar-refractivity contribution < 1.29 is 19.0 Å². The maximum Gasteiger partial charge on any atom is 0.271 e. The highest BCUT2D eigenvalue weighted by atomic mass is 35.5. The van der Waals surface area contributed by atoms with Crippen molar-refractivity contribution in [2.75, 3.05) is 24.7 Å². The zero-order valence-corrected chi connectivity index (χ0v) is 21.4. The molecule has 0 saturated carbocycles. The van der Waals surface area contributed by atoms with E-state index in [1.807, 2.05) is 63.2 Å². The van der Waals surface area contributed by atoms with Crippen LogP contribution in [0.3, 0.4) is 0 Å². The van der Waals surface area contributed by atoms with Crippen LogP contribution in [0.5, 0.6) is 5.75 Å². The maximum atomic E-state index is 13.4. The Morgan fingerprint density at radius 2 is 2.09 bits per heavy atom. The molecule has 2 fully saturated rings. The summed E-state index contributed by atoms with van der Waals surface area (Å²) >= 11 is 7.87. The van der Waals surface area contributed by atoms with Crippen LogP contribution in [0.25, 0.3) is 6.08 Å². The highest BCUT2D eigenvalue weighted by Crippen LogP contribution is 2.38. The van der Waals surface area contributed by atoms with E-state index in [0.29, 0.717) is 40.6 Å². The van der Waals surface area contributed by atoms with E-state index in [1.54, 1.807) is 11.0 Å². The van der Waals surface area contributed by atoms with Gasteiger partial charge in [0, 0.05) is 6.54 Å².